The number of nitrogens with two attached hydrogens (primary N) is 2. The lowest BCUT2D eigenvalue weighted by atomic mass is 9.98. The predicted octanol–water partition coefficient (Wildman–Crippen LogP) is 17.4. The molecule has 7 aliphatic heterocycles. The number of aryl methyl sites for hydroxylation is 1. The summed E-state index contributed by atoms with van der Waals surface area (Å²) in [6, 6.07) is 34.4. The van der Waals surface area contributed by atoms with Crippen LogP contribution in [0.5, 0.6) is 0 Å². The SMILES string of the molecule is CC(C)NC[C@H]1OCCc2ccsc21.CN(C)CC1OCCc2ccsc21.CNCC1OCCc2c(-c3ccccc3)csc21.CNCC1OCCc2c(-c3ccncc3)csc21.CNCC1OCCc2c(C)csc21.NCC1OCCc2c(-c3ccccc3)csc21.NCC1OCCc2c(-c3ccncc3)csc21. The molecular weight excluding hydrogens is 1510 g/mol. The van der Waals surface area contributed by atoms with Crippen LogP contribution in [0.4, 0.5) is 0 Å². The molecule has 0 aliphatic carbocycles. The molecule has 16 heterocycles. The monoisotopic (exact) mass is 1620 g/mol. The largest absolute Gasteiger partial charge is 0.371 e. The minimum absolute atomic E-state index is 0.0827. The van der Waals surface area contributed by atoms with E-state index in [1.165, 1.54) is 123 Å². The number of ether oxygens (including phenoxy) is 7. The third-order valence-corrected chi connectivity index (χ3v) is 28.0. The number of pyridine rings is 2. The number of aromatic nitrogens is 2. The van der Waals surface area contributed by atoms with Crippen molar-refractivity contribution in [3.8, 4) is 44.5 Å². The van der Waals surface area contributed by atoms with Crippen LogP contribution in [0.25, 0.3) is 44.5 Å². The summed E-state index contributed by atoms with van der Waals surface area (Å²) in [5.41, 5.74) is 33.7. The zero-order chi connectivity index (χ0) is 76.6. The molecule has 110 heavy (non-hydrogen) atoms. The fraction of sp³-hybridized carbons (Fsp3) is 0.425. The highest BCUT2D eigenvalue weighted by Crippen LogP contribution is 2.44. The number of fused-ring (bicyclic) bond motifs is 7. The standard InChI is InChI=1S/C15H17NOS.C14H16N2OS.C14H15NOS.C13H14N2OS.C11H17NOS.2C10H15NOS/c1-16-9-14-15-12(7-8-17-14)13(10-18-15)11-5-3-2-4-6-11;1-15-8-13-14-11(4-7-17-13)12(9-18-14)10-2-5-16-6-3-10;15-8-13-14-11(6-7-16-13)12(9-17-14)10-4-2-1-3-5-10;14-7-12-13-10(3-6-16-12)11(8-17-13)9-1-4-15-5-2-9;1-8(2)12-7-10-11-9(3-5-13-10)4-6-14-11;1-11(2)7-9-10-8(3-5-12-9)4-6-13-10;1-7-6-13-10-8(7)3-4-12-9(10)5-11-2/h2-6,10,14,16H,7-9H2,1H3;2-3,5-6,9,13,15H,4,7-8H2,1H3;1-5,9,13H,6-8,15H2;1-2,4-5,8,12H,3,6-7,14H2;4,6,8,10,12H,3,5,7H2,1-2H3;4,6,9H,3,5,7H2,1-2H3;6,9,11H,3-5H2,1-2H3/t;;;;10-;;/m....1../s1. The molecule has 0 saturated carbocycles. The third kappa shape index (κ3) is 21.7. The van der Waals surface area contributed by atoms with E-state index in [0.717, 1.165) is 124 Å². The molecule has 0 bridgehead atoms. The van der Waals surface area contributed by atoms with E-state index < -0.39 is 0 Å². The van der Waals surface area contributed by atoms with E-state index in [1.54, 1.807) is 22.7 Å². The van der Waals surface area contributed by atoms with Crippen LogP contribution >= 0.6 is 79.4 Å². The van der Waals surface area contributed by atoms with E-state index >= 15 is 0 Å². The number of nitrogens with one attached hydrogen (secondary N) is 4. The molecule has 11 aromatic rings. The topological polar surface area (TPSA) is 194 Å². The van der Waals surface area contributed by atoms with Crippen molar-refractivity contribution in [2.75, 3.05) is 127 Å². The van der Waals surface area contributed by atoms with Gasteiger partial charge < -0.3 is 70.8 Å². The average Bonchev–Trinajstić information content (AvgIpc) is 1.73. The van der Waals surface area contributed by atoms with E-state index in [9.17, 15) is 0 Å². The first kappa shape index (κ1) is 83.5. The van der Waals surface area contributed by atoms with E-state index in [2.05, 4.69) is 200 Å². The Labute approximate surface area is 679 Å². The summed E-state index contributed by atoms with van der Waals surface area (Å²) in [4.78, 5) is 20.0. The highest BCUT2D eigenvalue weighted by atomic mass is 32.1. The molecule has 16 nitrogen and oxygen atoms in total. The number of hydrogen-bond acceptors (Lipinski definition) is 23. The van der Waals surface area contributed by atoms with Crippen molar-refractivity contribution in [2.24, 2.45) is 11.5 Å². The molecule has 7 atom stereocenters. The van der Waals surface area contributed by atoms with Gasteiger partial charge in [0.1, 0.15) is 42.7 Å². The number of hydrogen-bond donors (Lipinski definition) is 6. The van der Waals surface area contributed by atoms with Crippen LogP contribution in [0.2, 0.25) is 0 Å². The van der Waals surface area contributed by atoms with Gasteiger partial charge in [0, 0.05) is 111 Å². The molecule has 23 heteroatoms. The molecular formula is C87H109N9O7S7. The minimum atomic E-state index is 0.0827. The number of thiophene rings is 7. The summed E-state index contributed by atoms with van der Waals surface area (Å²) in [6.45, 7) is 18.1. The highest BCUT2D eigenvalue weighted by molar-refractivity contribution is 7.12. The smallest absolute Gasteiger partial charge is 0.105 e. The zero-order valence-corrected chi connectivity index (χ0v) is 70.5. The maximum Gasteiger partial charge on any atom is 0.105 e. The van der Waals surface area contributed by atoms with Crippen molar-refractivity contribution in [1.82, 2.24) is 36.1 Å². The molecule has 0 saturated heterocycles. The van der Waals surface area contributed by atoms with E-state index in [4.69, 9.17) is 44.6 Å². The van der Waals surface area contributed by atoms with Gasteiger partial charge in [-0.1, -0.05) is 74.5 Å². The number of likely N-dealkylation sites (N-methyl/N-ethyl adjacent to an activating group) is 4. The Morgan fingerprint density at radius 1 is 0.382 bits per heavy atom. The Morgan fingerprint density at radius 3 is 1.07 bits per heavy atom. The molecule has 0 amide bonds. The number of nitrogens with zero attached hydrogens (tertiary/aromatic N) is 3. The summed E-state index contributed by atoms with van der Waals surface area (Å²) in [7, 11) is 10.1. The first-order valence-electron chi connectivity index (χ1n) is 38.5. The molecule has 9 aromatic heterocycles. The van der Waals surface area contributed by atoms with Crippen LogP contribution in [0.15, 0.2) is 160 Å². The molecule has 0 fully saturated rings. The maximum atomic E-state index is 5.84. The summed E-state index contributed by atoms with van der Waals surface area (Å²) in [5, 5.41) is 28.5. The molecule has 586 valence electrons. The first-order valence-corrected chi connectivity index (χ1v) is 44.7. The van der Waals surface area contributed by atoms with Gasteiger partial charge in [0.05, 0.1) is 46.2 Å². The Bertz CT molecular complexity index is 4310. The van der Waals surface area contributed by atoms with Crippen molar-refractivity contribution in [3.63, 3.8) is 0 Å². The van der Waals surface area contributed by atoms with Gasteiger partial charge in [-0.3, -0.25) is 9.97 Å². The average molecular weight is 1620 g/mol. The van der Waals surface area contributed by atoms with Gasteiger partial charge in [-0.25, -0.2) is 0 Å². The Kier molecular flexibility index (Phi) is 32.6. The maximum absolute atomic E-state index is 5.84. The Hall–Kier alpha value is -5.92. The summed E-state index contributed by atoms with van der Waals surface area (Å²) >= 11 is 12.6. The van der Waals surface area contributed by atoms with Crippen LogP contribution in [0, 0.1) is 6.92 Å². The van der Waals surface area contributed by atoms with Gasteiger partial charge in [0.25, 0.3) is 0 Å². The number of rotatable bonds is 17. The van der Waals surface area contributed by atoms with Crippen molar-refractivity contribution in [2.45, 2.75) is 114 Å². The Morgan fingerprint density at radius 2 is 0.700 bits per heavy atom. The second-order valence-corrected chi connectivity index (χ2v) is 34.7. The summed E-state index contributed by atoms with van der Waals surface area (Å²) in [6.07, 6.45) is 16.1. The van der Waals surface area contributed by atoms with Gasteiger partial charge in [0.2, 0.25) is 0 Å². The minimum Gasteiger partial charge on any atom is -0.371 e. The lowest BCUT2D eigenvalue weighted by molar-refractivity contribution is 0.0283. The lowest BCUT2D eigenvalue weighted by Crippen LogP contribution is -2.30. The van der Waals surface area contributed by atoms with Crippen LogP contribution < -0.4 is 32.7 Å². The Balaban J connectivity index is 0.000000120. The molecule has 0 radical (unpaired) electrons. The van der Waals surface area contributed by atoms with E-state index in [1.807, 2.05) is 109 Å². The fourth-order valence-corrected chi connectivity index (χ4v) is 22.6. The van der Waals surface area contributed by atoms with Gasteiger partial charge in [0.15, 0.2) is 0 Å². The molecule has 8 N–H and O–H groups in total. The van der Waals surface area contributed by atoms with Gasteiger partial charge >= 0.3 is 0 Å². The van der Waals surface area contributed by atoms with Crippen molar-refractivity contribution < 1.29 is 33.2 Å². The fourth-order valence-electron chi connectivity index (χ4n) is 14.7. The summed E-state index contributed by atoms with van der Waals surface area (Å²) < 4.78 is 40.2. The van der Waals surface area contributed by atoms with Gasteiger partial charge in [-0.05, 0) is 250 Å². The molecule has 18 rings (SSSR count). The zero-order valence-electron chi connectivity index (χ0n) is 64.8. The molecule has 6 unspecified atom stereocenters. The molecule has 2 aromatic carbocycles. The first-order chi connectivity index (χ1) is 54.0. The van der Waals surface area contributed by atoms with Crippen LogP contribution in [-0.4, -0.2) is 148 Å². The normalized spacial score (nSPS) is 19.8. The lowest BCUT2D eigenvalue weighted by Gasteiger charge is -2.25. The van der Waals surface area contributed by atoms with Gasteiger partial charge in [-0.2, -0.15) is 0 Å². The molecule has 7 aliphatic rings. The van der Waals surface area contributed by atoms with Crippen LogP contribution in [-0.2, 0) is 78.1 Å². The second-order valence-electron chi connectivity index (χ2n) is 28.3. The van der Waals surface area contributed by atoms with E-state index in [-0.39, 0.29) is 36.6 Å². The quantitative estimate of drug-likeness (QED) is 0.0504. The summed E-state index contributed by atoms with van der Waals surface area (Å²) in [5.74, 6) is 0. The van der Waals surface area contributed by atoms with Crippen molar-refractivity contribution in [1.29, 1.82) is 0 Å². The van der Waals surface area contributed by atoms with Crippen LogP contribution in [0.1, 0.15) is 135 Å². The van der Waals surface area contributed by atoms with Crippen LogP contribution in [0.3, 0.4) is 0 Å². The molecule has 0 spiro atoms. The van der Waals surface area contributed by atoms with E-state index in [0.29, 0.717) is 25.2 Å². The second kappa shape index (κ2) is 43.0. The predicted molar refractivity (Wildman–Crippen MR) is 461 cm³/mol. The highest BCUT2D eigenvalue weighted by Gasteiger charge is 2.31. The third-order valence-electron chi connectivity index (χ3n) is 20.2. The van der Waals surface area contributed by atoms with Crippen molar-refractivity contribution in [3.05, 3.63) is 238 Å². The van der Waals surface area contributed by atoms with Crippen molar-refractivity contribution >= 4 is 79.4 Å². The number of benzene rings is 2. The van der Waals surface area contributed by atoms with Gasteiger partial charge in [-0.15, -0.1) is 79.4 Å².